The van der Waals surface area contributed by atoms with Crippen LogP contribution in [0.5, 0.6) is 0 Å². The molecule has 1 aliphatic carbocycles. The summed E-state index contributed by atoms with van der Waals surface area (Å²) in [5.41, 5.74) is 5.48. The molecule has 0 unspecified atom stereocenters. The first-order chi connectivity index (χ1) is 12.6. The first kappa shape index (κ1) is 17.3. The van der Waals surface area contributed by atoms with E-state index in [0.717, 1.165) is 32.4 Å². The number of likely N-dealkylation sites (N-methyl/N-ethyl adjacent to an activating group) is 1. The van der Waals surface area contributed by atoms with Gasteiger partial charge < -0.3 is 9.80 Å². The molecule has 0 aromatic heterocycles. The first-order valence-corrected chi connectivity index (χ1v) is 9.73. The number of nitrogens with zero attached hydrogens (tertiary/aromatic N) is 2. The van der Waals surface area contributed by atoms with Crippen molar-refractivity contribution in [3.05, 3.63) is 70.8 Å². The summed E-state index contributed by atoms with van der Waals surface area (Å²) in [6.07, 6.45) is 3.78. The lowest BCUT2D eigenvalue weighted by Crippen LogP contribution is -2.35. The molecular weight excluding hydrogens is 320 g/mol. The summed E-state index contributed by atoms with van der Waals surface area (Å²) in [5, 5.41) is 0. The number of rotatable bonds is 3. The molecule has 0 spiro atoms. The van der Waals surface area contributed by atoms with E-state index >= 15 is 0 Å². The molecule has 1 fully saturated rings. The molecule has 3 nitrogen and oxygen atoms in total. The van der Waals surface area contributed by atoms with E-state index in [2.05, 4.69) is 72.4 Å². The molecular formula is C23H28N2O. The van der Waals surface area contributed by atoms with Gasteiger partial charge in [-0.05, 0) is 55.6 Å². The number of amides is 1. The zero-order valence-electron chi connectivity index (χ0n) is 15.8. The van der Waals surface area contributed by atoms with Gasteiger partial charge in [0, 0.05) is 31.5 Å². The molecule has 2 aromatic carbocycles. The smallest absolute Gasteiger partial charge is 0.223 e. The Labute approximate surface area is 156 Å². The summed E-state index contributed by atoms with van der Waals surface area (Å²) < 4.78 is 0. The summed E-state index contributed by atoms with van der Waals surface area (Å²) in [6.45, 7) is 1.75. The van der Waals surface area contributed by atoms with Crippen LogP contribution in [0.3, 0.4) is 0 Å². The zero-order chi connectivity index (χ0) is 18.1. The molecule has 2 aliphatic rings. The van der Waals surface area contributed by atoms with Crippen LogP contribution < -0.4 is 0 Å². The topological polar surface area (TPSA) is 23.6 Å². The Hall–Kier alpha value is -2.13. The van der Waals surface area contributed by atoms with Gasteiger partial charge in [-0.2, -0.15) is 0 Å². The Morgan fingerprint density at radius 3 is 2.12 bits per heavy atom. The Morgan fingerprint density at radius 2 is 1.58 bits per heavy atom. The Bertz CT molecular complexity index is 751. The number of hydrogen-bond acceptors (Lipinski definition) is 2. The lowest BCUT2D eigenvalue weighted by molar-refractivity contribution is -0.130. The van der Waals surface area contributed by atoms with Gasteiger partial charge in [0.2, 0.25) is 5.91 Å². The molecule has 2 aromatic rings. The summed E-state index contributed by atoms with van der Waals surface area (Å²) in [4.78, 5) is 17.4. The van der Waals surface area contributed by atoms with E-state index in [1.807, 2.05) is 0 Å². The number of likely N-dealkylation sites (tertiary alicyclic amines) is 1. The van der Waals surface area contributed by atoms with Gasteiger partial charge in [0.1, 0.15) is 0 Å². The quantitative estimate of drug-likeness (QED) is 0.848. The van der Waals surface area contributed by atoms with Gasteiger partial charge in [0.25, 0.3) is 0 Å². The van der Waals surface area contributed by atoms with E-state index in [1.54, 1.807) is 0 Å². The minimum Gasteiger partial charge on any atom is -0.341 e. The highest BCUT2D eigenvalue weighted by Gasteiger charge is 2.31. The zero-order valence-corrected chi connectivity index (χ0v) is 15.8. The second-order valence-corrected chi connectivity index (χ2v) is 7.90. The fraction of sp³-hybridized carbons (Fsp3) is 0.435. The highest BCUT2D eigenvalue weighted by atomic mass is 16.2. The SMILES string of the molecule is CN(C)[C@@H]1CCN(C(=O)CC2c3ccccc3CCc3ccccc32)C1. The van der Waals surface area contributed by atoms with Gasteiger partial charge in [-0.15, -0.1) is 0 Å². The van der Waals surface area contributed by atoms with Crippen molar-refractivity contribution >= 4 is 5.91 Å². The van der Waals surface area contributed by atoms with E-state index in [9.17, 15) is 4.79 Å². The number of hydrogen-bond donors (Lipinski definition) is 0. The summed E-state index contributed by atoms with van der Waals surface area (Å²) in [6, 6.07) is 17.9. The van der Waals surface area contributed by atoms with Crippen molar-refractivity contribution in [1.29, 1.82) is 0 Å². The molecule has 0 saturated carbocycles. The monoisotopic (exact) mass is 348 g/mol. The van der Waals surface area contributed by atoms with Gasteiger partial charge in [0.15, 0.2) is 0 Å². The van der Waals surface area contributed by atoms with Crippen molar-refractivity contribution in [2.45, 2.75) is 37.6 Å². The lowest BCUT2D eigenvalue weighted by Gasteiger charge is -2.24. The van der Waals surface area contributed by atoms with Crippen molar-refractivity contribution in [2.24, 2.45) is 0 Å². The Kier molecular flexibility index (Phi) is 4.82. The van der Waals surface area contributed by atoms with Gasteiger partial charge in [0.05, 0.1) is 0 Å². The third-order valence-corrected chi connectivity index (χ3v) is 6.15. The van der Waals surface area contributed by atoms with Gasteiger partial charge in [-0.1, -0.05) is 48.5 Å². The standard InChI is InChI=1S/C23H28N2O/c1-24(2)19-13-14-25(16-19)23(26)15-22-20-9-5-3-7-17(20)11-12-18-8-4-6-10-21(18)22/h3-10,19,22H,11-16H2,1-2H3/t19-/m1/s1. The van der Waals surface area contributed by atoms with E-state index in [4.69, 9.17) is 0 Å². The van der Waals surface area contributed by atoms with Crippen LogP contribution in [0.4, 0.5) is 0 Å². The molecule has 26 heavy (non-hydrogen) atoms. The molecule has 1 aliphatic heterocycles. The minimum atomic E-state index is 0.177. The molecule has 3 heteroatoms. The van der Waals surface area contributed by atoms with Crippen molar-refractivity contribution in [1.82, 2.24) is 9.80 Å². The Balaban J connectivity index is 1.62. The summed E-state index contributed by atoms with van der Waals surface area (Å²) >= 11 is 0. The van der Waals surface area contributed by atoms with E-state index < -0.39 is 0 Å². The van der Waals surface area contributed by atoms with Crippen molar-refractivity contribution < 1.29 is 4.79 Å². The average molecular weight is 348 g/mol. The van der Waals surface area contributed by atoms with Crippen LogP contribution in [0.25, 0.3) is 0 Å². The number of carbonyl (C=O) groups is 1. The Morgan fingerprint density at radius 1 is 1.00 bits per heavy atom. The molecule has 1 saturated heterocycles. The summed E-state index contributed by atoms with van der Waals surface area (Å²) in [7, 11) is 4.22. The predicted octanol–water partition coefficient (Wildman–Crippen LogP) is 3.47. The third kappa shape index (κ3) is 3.28. The molecule has 0 radical (unpaired) electrons. The second-order valence-electron chi connectivity index (χ2n) is 7.90. The maximum absolute atomic E-state index is 13.1. The summed E-state index contributed by atoms with van der Waals surface area (Å²) in [5.74, 6) is 0.474. The average Bonchev–Trinajstić information content (AvgIpc) is 3.10. The van der Waals surface area contributed by atoms with Crippen LogP contribution in [-0.4, -0.2) is 48.9 Å². The highest BCUT2D eigenvalue weighted by Crippen LogP contribution is 2.37. The fourth-order valence-corrected chi connectivity index (χ4v) is 4.55. The van der Waals surface area contributed by atoms with E-state index in [1.165, 1.54) is 22.3 Å². The predicted molar refractivity (Wildman–Crippen MR) is 105 cm³/mol. The number of benzene rings is 2. The van der Waals surface area contributed by atoms with Crippen LogP contribution in [-0.2, 0) is 17.6 Å². The molecule has 0 N–H and O–H groups in total. The van der Waals surface area contributed by atoms with Crippen LogP contribution in [0.1, 0.15) is 41.0 Å². The second kappa shape index (κ2) is 7.24. The van der Waals surface area contributed by atoms with Gasteiger partial charge in [-0.3, -0.25) is 4.79 Å². The first-order valence-electron chi connectivity index (χ1n) is 9.73. The van der Waals surface area contributed by atoms with Gasteiger partial charge in [-0.25, -0.2) is 0 Å². The molecule has 1 heterocycles. The normalized spacial score (nSPS) is 20.0. The van der Waals surface area contributed by atoms with Crippen LogP contribution in [0.15, 0.2) is 48.5 Å². The highest BCUT2D eigenvalue weighted by molar-refractivity contribution is 5.78. The van der Waals surface area contributed by atoms with E-state index in [0.29, 0.717) is 18.4 Å². The maximum atomic E-state index is 13.1. The lowest BCUT2D eigenvalue weighted by atomic mass is 9.85. The van der Waals surface area contributed by atoms with Crippen molar-refractivity contribution in [3.8, 4) is 0 Å². The van der Waals surface area contributed by atoms with Gasteiger partial charge >= 0.3 is 0 Å². The molecule has 4 rings (SSSR count). The number of fused-ring (bicyclic) bond motifs is 2. The number of carbonyl (C=O) groups excluding carboxylic acids is 1. The molecule has 136 valence electrons. The number of aryl methyl sites for hydroxylation is 2. The van der Waals surface area contributed by atoms with E-state index in [-0.39, 0.29) is 5.92 Å². The van der Waals surface area contributed by atoms with Crippen LogP contribution in [0.2, 0.25) is 0 Å². The van der Waals surface area contributed by atoms with Crippen molar-refractivity contribution in [3.63, 3.8) is 0 Å². The van der Waals surface area contributed by atoms with Crippen LogP contribution in [0, 0.1) is 0 Å². The van der Waals surface area contributed by atoms with Crippen LogP contribution >= 0.6 is 0 Å². The minimum absolute atomic E-state index is 0.177. The maximum Gasteiger partial charge on any atom is 0.223 e. The molecule has 0 bridgehead atoms. The van der Waals surface area contributed by atoms with Crippen molar-refractivity contribution in [2.75, 3.05) is 27.2 Å². The third-order valence-electron chi connectivity index (χ3n) is 6.15. The fourth-order valence-electron chi connectivity index (χ4n) is 4.55. The molecule has 1 atom stereocenters. The molecule has 1 amide bonds. The largest absolute Gasteiger partial charge is 0.341 e.